The summed E-state index contributed by atoms with van der Waals surface area (Å²) in [5, 5.41) is 0. The van der Waals surface area contributed by atoms with Crippen LogP contribution in [0.3, 0.4) is 0 Å². The van der Waals surface area contributed by atoms with Gasteiger partial charge in [0.15, 0.2) is 0 Å². The quantitative estimate of drug-likeness (QED) is 0.758. The van der Waals surface area contributed by atoms with Gasteiger partial charge in [0.2, 0.25) is 5.91 Å². The molecular formula is C12H19N3O. The first-order valence-corrected chi connectivity index (χ1v) is 5.95. The van der Waals surface area contributed by atoms with Gasteiger partial charge in [0, 0.05) is 30.9 Å². The molecule has 0 N–H and O–H groups in total. The van der Waals surface area contributed by atoms with Crippen LogP contribution in [-0.4, -0.2) is 26.9 Å². The van der Waals surface area contributed by atoms with Gasteiger partial charge in [-0.3, -0.25) is 4.79 Å². The smallest absolute Gasteiger partial charge is 0.225 e. The average molecular weight is 221 g/mol. The van der Waals surface area contributed by atoms with Crippen molar-refractivity contribution in [2.45, 2.75) is 40.3 Å². The minimum Gasteiger partial charge on any atom is -0.333 e. The van der Waals surface area contributed by atoms with Gasteiger partial charge in [0.1, 0.15) is 5.82 Å². The minimum absolute atomic E-state index is 0.0761. The highest BCUT2D eigenvalue weighted by atomic mass is 16.2. The predicted molar refractivity (Wildman–Crippen MR) is 61.9 cm³/mol. The van der Waals surface area contributed by atoms with E-state index in [1.807, 2.05) is 24.9 Å². The number of hydrogen-bond donors (Lipinski definition) is 0. The van der Waals surface area contributed by atoms with Crippen LogP contribution in [0.1, 0.15) is 32.3 Å². The Hall–Kier alpha value is -1.32. The Bertz CT molecular complexity index is 395. The molecule has 1 aromatic rings. The maximum absolute atomic E-state index is 11.9. The lowest BCUT2D eigenvalue weighted by Crippen LogP contribution is -2.40. The molecule has 88 valence electrons. The summed E-state index contributed by atoms with van der Waals surface area (Å²) in [5.41, 5.74) is 1.27. The SMILES string of the molecule is CCc1cnc2n1CCN(C(=O)C(C)C)C2. The van der Waals surface area contributed by atoms with Gasteiger partial charge >= 0.3 is 0 Å². The van der Waals surface area contributed by atoms with Gasteiger partial charge < -0.3 is 9.47 Å². The molecule has 0 aliphatic carbocycles. The molecule has 0 bridgehead atoms. The third-order valence-electron chi connectivity index (χ3n) is 3.11. The topological polar surface area (TPSA) is 38.1 Å². The number of carbonyl (C=O) groups excluding carboxylic acids is 1. The minimum atomic E-state index is 0.0761. The molecule has 1 aliphatic heterocycles. The van der Waals surface area contributed by atoms with Crippen molar-refractivity contribution in [2.24, 2.45) is 5.92 Å². The van der Waals surface area contributed by atoms with Crippen molar-refractivity contribution in [3.05, 3.63) is 17.7 Å². The number of carbonyl (C=O) groups is 1. The molecular weight excluding hydrogens is 202 g/mol. The van der Waals surface area contributed by atoms with Crippen molar-refractivity contribution in [3.63, 3.8) is 0 Å². The molecule has 0 aromatic carbocycles. The van der Waals surface area contributed by atoms with Crippen LogP contribution in [0.4, 0.5) is 0 Å². The van der Waals surface area contributed by atoms with Gasteiger partial charge in [-0.2, -0.15) is 0 Å². The molecule has 0 unspecified atom stereocenters. The molecule has 0 fully saturated rings. The van der Waals surface area contributed by atoms with E-state index in [1.54, 1.807) is 0 Å². The van der Waals surface area contributed by atoms with E-state index in [1.165, 1.54) is 5.69 Å². The van der Waals surface area contributed by atoms with Crippen LogP contribution in [0.5, 0.6) is 0 Å². The highest BCUT2D eigenvalue weighted by Gasteiger charge is 2.24. The summed E-state index contributed by atoms with van der Waals surface area (Å²) in [6.07, 6.45) is 2.93. The summed E-state index contributed by atoms with van der Waals surface area (Å²) < 4.78 is 2.24. The average Bonchev–Trinajstić information content (AvgIpc) is 2.69. The molecule has 1 aromatic heterocycles. The van der Waals surface area contributed by atoms with Crippen LogP contribution in [0.15, 0.2) is 6.20 Å². The normalized spacial score (nSPS) is 15.4. The molecule has 4 nitrogen and oxygen atoms in total. The van der Waals surface area contributed by atoms with E-state index in [2.05, 4.69) is 16.5 Å². The second-order valence-corrected chi connectivity index (χ2v) is 4.59. The molecule has 2 heterocycles. The van der Waals surface area contributed by atoms with Crippen LogP contribution in [0.25, 0.3) is 0 Å². The van der Waals surface area contributed by atoms with Crippen LogP contribution in [0, 0.1) is 5.92 Å². The van der Waals surface area contributed by atoms with Crippen molar-refractivity contribution < 1.29 is 4.79 Å². The van der Waals surface area contributed by atoms with Crippen molar-refractivity contribution >= 4 is 5.91 Å². The maximum Gasteiger partial charge on any atom is 0.225 e. The number of imidazole rings is 1. The van der Waals surface area contributed by atoms with Gasteiger partial charge in [-0.05, 0) is 6.42 Å². The first kappa shape index (κ1) is 11.2. The Morgan fingerprint density at radius 1 is 1.50 bits per heavy atom. The third kappa shape index (κ3) is 1.84. The van der Waals surface area contributed by atoms with Crippen molar-refractivity contribution in [1.29, 1.82) is 0 Å². The van der Waals surface area contributed by atoms with Crippen LogP contribution in [0.2, 0.25) is 0 Å². The number of nitrogens with zero attached hydrogens (tertiary/aromatic N) is 3. The third-order valence-corrected chi connectivity index (χ3v) is 3.11. The monoisotopic (exact) mass is 221 g/mol. The van der Waals surface area contributed by atoms with E-state index < -0.39 is 0 Å². The Kier molecular flexibility index (Phi) is 2.99. The van der Waals surface area contributed by atoms with Crippen LogP contribution >= 0.6 is 0 Å². The summed E-state index contributed by atoms with van der Waals surface area (Å²) in [5.74, 6) is 1.33. The van der Waals surface area contributed by atoms with Crippen LogP contribution < -0.4 is 0 Å². The summed E-state index contributed by atoms with van der Waals surface area (Å²) >= 11 is 0. The fraction of sp³-hybridized carbons (Fsp3) is 0.667. The molecule has 0 saturated carbocycles. The number of fused-ring (bicyclic) bond motifs is 1. The zero-order valence-corrected chi connectivity index (χ0v) is 10.2. The van der Waals surface area contributed by atoms with Crippen molar-refractivity contribution in [3.8, 4) is 0 Å². The molecule has 0 saturated heterocycles. The second kappa shape index (κ2) is 4.28. The number of rotatable bonds is 2. The Balaban J connectivity index is 2.15. The zero-order chi connectivity index (χ0) is 11.7. The molecule has 4 heteroatoms. The molecule has 1 amide bonds. The molecule has 0 radical (unpaired) electrons. The Labute approximate surface area is 96.3 Å². The standard InChI is InChI=1S/C12H19N3O/c1-4-10-7-13-11-8-14(5-6-15(10)11)12(16)9(2)3/h7,9H,4-6,8H2,1-3H3. The van der Waals surface area contributed by atoms with E-state index in [4.69, 9.17) is 0 Å². The molecule has 2 rings (SSSR count). The number of amides is 1. The Morgan fingerprint density at radius 3 is 2.88 bits per heavy atom. The molecule has 0 atom stereocenters. The number of aryl methyl sites for hydroxylation is 1. The molecule has 0 spiro atoms. The lowest BCUT2D eigenvalue weighted by molar-refractivity contribution is -0.136. The van der Waals surface area contributed by atoms with E-state index in [-0.39, 0.29) is 11.8 Å². The first-order valence-electron chi connectivity index (χ1n) is 5.95. The van der Waals surface area contributed by atoms with Gasteiger partial charge in [-0.25, -0.2) is 4.98 Å². The van der Waals surface area contributed by atoms with E-state index in [0.29, 0.717) is 6.54 Å². The fourth-order valence-corrected chi connectivity index (χ4v) is 2.16. The van der Waals surface area contributed by atoms with Crippen LogP contribution in [-0.2, 0) is 24.3 Å². The molecule has 16 heavy (non-hydrogen) atoms. The van der Waals surface area contributed by atoms with Gasteiger partial charge in [-0.1, -0.05) is 20.8 Å². The molecule has 1 aliphatic rings. The largest absolute Gasteiger partial charge is 0.333 e. The fourth-order valence-electron chi connectivity index (χ4n) is 2.16. The summed E-state index contributed by atoms with van der Waals surface area (Å²) in [6, 6.07) is 0. The summed E-state index contributed by atoms with van der Waals surface area (Å²) in [4.78, 5) is 18.2. The highest BCUT2D eigenvalue weighted by molar-refractivity contribution is 5.78. The lowest BCUT2D eigenvalue weighted by atomic mass is 10.2. The first-order chi connectivity index (χ1) is 7.63. The second-order valence-electron chi connectivity index (χ2n) is 4.59. The van der Waals surface area contributed by atoms with Crippen molar-refractivity contribution in [2.75, 3.05) is 6.54 Å². The highest BCUT2D eigenvalue weighted by Crippen LogP contribution is 2.16. The van der Waals surface area contributed by atoms with Gasteiger partial charge in [0.25, 0.3) is 0 Å². The lowest BCUT2D eigenvalue weighted by Gasteiger charge is -2.29. The van der Waals surface area contributed by atoms with Gasteiger partial charge in [-0.15, -0.1) is 0 Å². The Morgan fingerprint density at radius 2 is 2.25 bits per heavy atom. The maximum atomic E-state index is 11.9. The van der Waals surface area contributed by atoms with Gasteiger partial charge in [0.05, 0.1) is 6.54 Å². The van der Waals surface area contributed by atoms with E-state index in [9.17, 15) is 4.79 Å². The number of aromatic nitrogens is 2. The van der Waals surface area contributed by atoms with E-state index >= 15 is 0 Å². The summed E-state index contributed by atoms with van der Waals surface area (Å²) in [7, 11) is 0. The van der Waals surface area contributed by atoms with Crippen molar-refractivity contribution in [1.82, 2.24) is 14.5 Å². The van der Waals surface area contributed by atoms with E-state index in [0.717, 1.165) is 25.3 Å². The summed E-state index contributed by atoms with van der Waals surface area (Å²) in [6.45, 7) is 8.39. The zero-order valence-electron chi connectivity index (χ0n) is 10.2. The number of hydrogen-bond acceptors (Lipinski definition) is 2. The predicted octanol–water partition coefficient (Wildman–Crippen LogP) is 1.44.